The molecule has 0 atom stereocenters. The predicted octanol–water partition coefficient (Wildman–Crippen LogP) is 3.15. The lowest BCUT2D eigenvalue weighted by Gasteiger charge is -2.02. The van der Waals surface area contributed by atoms with Crippen LogP contribution in [0.25, 0.3) is 0 Å². The van der Waals surface area contributed by atoms with Crippen molar-refractivity contribution in [3.63, 3.8) is 0 Å². The molecule has 73 valence electrons. The van der Waals surface area contributed by atoms with Crippen LogP contribution < -0.4 is 0 Å². The smallest absolute Gasteiger partial charge is 0.0895 e. The summed E-state index contributed by atoms with van der Waals surface area (Å²) in [6.45, 7) is 5.09. The fourth-order valence-corrected chi connectivity index (χ4v) is 0.958. The van der Waals surface area contributed by atoms with Crippen LogP contribution in [0.15, 0.2) is 0 Å². The largest absolute Gasteiger partial charge is 0.381 e. The highest BCUT2D eigenvalue weighted by Gasteiger charge is 1.90. The van der Waals surface area contributed by atoms with Crippen molar-refractivity contribution in [3.8, 4) is 0 Å². The Kier molecular flexibility index (Phi) is 10.8. The highest BCUT2D eigenvalue weighted by molar-refractivity contribution is 4.44. The minimum absolute atomic E-state index is 0.217. The summed E-state index contributed by atoms with van der Waals surface area (Å²) < 4.78 is 16.9. The molecule has 0 aliphatic heterocycles. The summed E-state index contributed by atoms with van der Waals surface area (Å²) in [4.78, 5) is 0. The molecule has 0 saturated carbocycles. The van der Waals surface area contributed by atoms with Crippen molar-refractivity contribution in [1.82, 2.24) is 0 Å². The molecular formula is C10H20FO. The second-order valence-corrected chi connectivity index (χ2v) is 2.92. The lowest BCUT2D eigenvalue weighted by atomic mass is 10.2. The van der Waals surface area contributed by atoms with E-state index in [9.17, 15) is 4.39 Å². The zero-order chi connectivity index (χ0) is 9.07. The summed E-state index contributed by atoms with van der Waals surface area (Å²) in [5, 5.41) is 0. The van der Waals surface area contributed by atoms with Gasteiger partial charge in [-0.2, -0.15) is 0 Å². The molecule has 0 fully saturated rings. The molecule has 1 radical (unpaired) electrons. The van der Waals surface area contributed by atoms with Gasteiger partial charge >= 0.3 is 0 Å². The first-order valence-electron chi connectivity index (χ1n) is 4.84. The van der Waals surface area contributed by atoms with Crippen LogP contribution in [0.1, 0.15) is 38.5 Å². The van der Waals surface area contributed by atoms with E-state index in [2.05, 4.69) is 6.92 Å². The normalized spacial score (nSPS) is 10.5. The Morgan fingerprint density at radius 2 is 1.58 bits per heavy atom. The molecule has 0 spiro atoms. The summed E-state index contributed by atoms with van der Waals surface area (Å²) in [5.74, 6) is 0. The molecule has 1 nitrogen and oxygen atoms in total. The van der Waals surface area contributed by atoms with E-state index in [1.54, 1.807) is 0 Å². The zero-order valence-electron chi connectivity index (χ0n) is 7.86. The molecule has 0 aliphatic carbocycles. The Labute approximate surface area is 75.3 Å². The van der Waals surface area contributed by atoms with Crippen LogP contribution in [-0.2, 0) is 4.74 Å². The number of hydrogen-bond donors (Lipinski definition) is 0. The summed E-state index contributed by atoms with van der Waals surface area (Å²) in [5.41, 5.74) is 0. The molecule has 0 aliphatic rings. The minimum Gasteiger partial charge on any atom is -0.381 e. The van der Waals surface area contributed by atoms with E-state index in [0.29, 0.717) is 13.0 Å². The third-order valence-corrected chi connectivity index (χ3v) is 1.71. The summed E-state index contributed by atoms with van der Waals surface area (Å²) >= 11 is 0. The van der Waals surface area contributed by atoms with Crippen molar-refractivity contribution in [1.29, 1.82) is 0 Å². The molecule has 0 unspecified atom stereocenters. The van der Waals surface area contributed by atoms with Crippen molar-refractivity contribution in [2.45, 2.75) is 38.5 Å². The fourth-order valence-electron chi connectivity index (χ4n) is 0.958. The van der Waals surface area contributed by atoms with E-state index in [1.165, 1.54) is 12.8 Å². The standard InChI is InChI=1S/C10H20FO/c1-2-3-4-6-9-12-10-7-5-8-11/h1-10H2. The number of alkyl halides is 1. The quantitative estimate of drug-likeness (QED) is 0.489. The van der Waals surface area contributed by atoms with Crippen molar-refractivity contribution in [2.24, 2.45) is 0 Å². The van der Waals surface area contributed by atoms with Crippen LogP contribution in [0.2, 0.25) is 0 Å². The van der Waals surface area contributed by atoms with Gasteiger partial charge in [-0.3, -0.25) is 4.39 Å². The van der Waals surface area contributed by atoms with Gasteiger partial charge in [-0.25, -0.2) is 0 Å². The maximum absolute atomic E-state index is 11.6. The second-order valence-electron chi connectivity index (χ2n) is 2.92. The molecule has 2 heteroatoms. The van der Waals surface area contributed by atoms with Crippen molar-refractivity contribution in [2.75, 3.05) is 19.9 Å². The average molecular weight is 175 g/mol. The Bertz CT molecular complexity index is 66.2. The zero-order valence-corrected chi connectivity index (χ0v) is 7.86. The maximum Gasteiger partial charge on any atom is 0.0895 e. The fraction of sp³-hybridized carbons (Fsp3) is 0.900. The monoisotopic (exact) mass is 175 g/mol. The Morgan fingerprint density at radius 3 is 2.17 bits per heavy atom. The van der Waals surface area contributed by atoms with E-state index < -0.39 is 0 Å². The minimum atomic E-state index is -0.217. The molecule has 0 heterocycles. The van der Waals surface area contributed by atoms with Crippen LogP contribution in [0.3, 0.4) is 0 Å². The van der Waals surface area contributed by atoms with E-state index >= 15 is 0 Å². The third-order valence-electron chi connectivity index (χ3n) is 1.71. The lowest BCUT2D eigenvalue weighted by Crippen LogP contribution is -1.97. The predicted molar refractivity (Wildman–Crippen MR) is 49.9 cm³/mol. The van der Waals surface area contributed by atoms with Gasteiger partial charge in [0.2, 0.25) is 0 Å². The number of halogens is 1. The number of hydrogen-bond acceptors (Lipinski definition) is 1. The van der Waals surface area contributed by atoms with Crippen LogP contribution in [0, 0.1) is 6.92 Å². The van der Waals surface area contributed by atoms with Crippen molar-refractivity contribution in [3.05, 3.63) is 6.92 Å². The third kappa shape index (κ3) is 9.89. The number of rotatable bonds is 9. The number of unbranched alkanes of at least 4 members (excludes halogenated alkanes) is 4. The van der Waals surface area contributed by atoms with Gasteiger partial charge in [0.05, 0.1) is 6.67 Å². The first-order chi connectivity index (χ1) is 5.91. The van der Waals surface area contributed by atoms with Crippen molar-refractivity contribution >= 4 is 0 Å². The van der Waals surface area contributed by atoms with Gasteiger partial charge in [-0.15, -0.1) is 0 Å². The van der Waals surface area contributed by atoms with Gasteiger partial charge in [-0.1, -0.05) is 26.2 Å². The Balaban J connectivity index is 2.73. The molecule has 0 aromatic rings. The van der Waals surface area contributed by atoms with Gasteiger partial charge in [0.25, 0.3) is 0 Å². The molecular weight excluding hydrogens is 155 g/mol. The van der Waals surface area contributed by atoms with Crippen LogP contribution in [0.5, 0.6) is 0 Å². The Hall–Kier alpha value is -0.110. The van der Waals surface area contributed by atoms with Gasteiger partial charge in [0.15, 0.2) is 0 Å². The topological polar surface area (TPSA) is 9.23 Å². The molecule has 0 rings (SSSR count). The second kappa shape index (κ2) is 10.9. The first kappa shape index (κ1) is 11.9. The molecule has 0 aromatic heterocycles. The molecule has 0 saturated heterocycles. The van der Waals surface area contributed by atoms with Gasteiger partial charge in [0, 0.05) is 13.2 Å². The van der Waals surface area contributed by atoms with Gasteiger partial charge < -0.3 is 4.74 Å². The van der Waals surface area contributed by atoms with E-state index in [0.717, 1.165) is 25.9 Å². The lowest BCUT2D eigenvalue weighted by molar-refractivity contribution is 0.125. The maximum atomic E-state index is 11.6. The average Bonchev–Trinajstić information content (AvgIpc) is 2.10. The molecule has 12 heavy (non-hydrogen) atoms. The van der Waals surface area contributed by atoms with E-state index in [4.69, 9.17) is 4.74 Å². The highest BCUT2D eigenvalue weighted by Crippen LogP contribution is 1.99. The SMILES string of the molecule is [CH2]CCCCCOCCCCF. The molecule has 0 aromatic carbocycles. The van der Waals surface area contributed by atoms with Crippen LogP contribution in [-0.4, -0.2) is 19.9 Å². The summed E-state index contributed by atoms with van der Waals surface area (Å²) in [6, 6.07) is 0. The molecule has 0 bridgehead atoms. The molecule has 0 amide bonds. The summed E-state index contributed by atoms with van der Waals surface area (Å²) in [7, 11) is 0. The molecule has 0 N–H and O–H groups in total. The van der Waals surface area contributed by atoms with E-state index in [1.807, 2.05) is 0 Å². The van der Waals surface area contributed by atoms with Crippen LogP contribution >= 0.6 is 0 Å². The van der Waals surface area contributed by atoms with Gasteiger partial charge in [0.1, 0.15) is 0 Å². The van der Waals surface area contributed by atoms with E-state index in [-0.39, 0.29) is 6.67 Å². The number of ether oxygens (including phenoxy) is 1. The Morgan fingerprint density at radius 1 is 0.917 bits per heavy atom. The summed E-state index contributed by atoms with van der Waals surface area (Å²) in [6.07, 6.45) is 6.01. The van der Waals surface area contributed by atoms with Crippen LogP contribution in [0.4, 0.5) is 4.39 Å². The first-order valence-corrected chi connectivity index (χ1v) is 4.84. The highest BCUT2D eigenvalue weighted by atomic mass is 19.1. The van der Waals surface area contributed by atoms with Crippen molar-refractivity contribution < 1.29 is 9.13 Å². The van der Waals surface area contributed by atoms with Gasteiger partial charge in [-0.05, 0) is 19.3 Å².